The summed E-state index contributed by atoms with van der Waals surface area (Å²) in [6.45, 7) is 0. The molecule has 0 fully saturated rings. The van der Waals surface area contributed by atoms with Crippen LogP contribution < -0.4 is 9.80 Å². The third-order valence-electron chi connectivity index (χ3n) is 14.6. The summed E-state index contributed by atoms with van der Waals surface area (Å²) in [6.07, 6.45) is 0. The van der Waals surface area contributed by atoms with E-state index < -0.39 is 0 Å². The molecule has 0 saturated carbocycles. The lowest BCUT2D eigenvalue weighted by atomic mass is 9.91. The van der Waals surface area contributed by atoms with E-state index >= 15 is 0 Å². The zero-order chi connectivity index (χ0) is 49.0. The Morgan fingerprint density at radius 2 is 0.459 bits per heavy atom. The van der Waals surface area contributed by atoms with Crippen molar-refractivity contribution < 1.29 is 0 Å². The predicted octanol–water partition coefficient (Wildman–Crippen LogP) is 19.3. The van der Waals surface area contributed by atoms with Crippen LogP contribution in [0.3, 0.4) is 0 Å². The Balaban J connectivity index is 1.02. The van der Waals surface area contributed by atoms with Crippen molar-refractivity contribution in [2.75, 3.05) is 9.80 Å². The minimum Gasteiger partial charge on any atom is -0.310 e. The molecule has 2 aromatic heterocycles. The molecule has 0 aliphatic carbocycles. The molecule has 4 heteroatoms. The molecule has 4 nitrogen and oxygen atoms in total. The number of benzene rings is 12. The molecule has 0 bridgehead atoms. The van der Waals surface area contributed by atoms with E-state index in [9.17, 15) is 0 Å². The Bertz CT molecular complexity index is 3900. The molecule has 0 aliphatic heterocycles. The zero-order valence-electron chi connectivity index (χ0n) is 40.5. The fourth-order valence-electron chi connectivity index (χ4n) is 11.4. The van der Waals surface area contributed by atoms with Gasteiger partial charge in [-0.05, 0) is 142 Å². The van der Waals surface area contributed by atoms with Gasteiger partial charge in [-0.1, -0.05) is 182 Å². The summed E-state index contributed by atoms with van der Waals surface area (Å²) < 4.78 is 4.88. The third kappa shape index (κ3) is 7.31. The summed E-state index contributed by atoms with van der Waals surface area (Å²) >= 11 is 0. The first-order chi connectivity index (χ1) is 36.7. The number of nitrogens with zero attached hydrogens (tertiary/aromatic N) is 4. The summed E-state index contributed by atoms with van der Waals surface area (Å²) in [6, 6.07) is 106. The maximum atomic E-state index is 2.44. The molecule has 74 heavy (non-hydrogen) atoms. The monoisotopic (exact) mass is 944 g/mol. The van der Waals surface area contributed by atoms with Gasteiger partial charge in [0.1, 0.15) is 0 Å². The molecule has 12 aromatic carbocycles. The van der Waals surface area contributed by atoms with Gasteiger partial charge in [-0.2, -0.15) is 0 Å². The van der Waals surface area contributed by atoms with Crippen LogP contribution in [0.4, 0.5) is 34.1 Å². The first kappa shape index (κ1) is 42.9. The summed E-state index contributed by atoms with van der Waals surface area (Å²) in [5.41, 5.74) is 17.9. The van der Waals surface area contributed by atoms with Crippen LogP contribution in [-0.2, 0) is 0 Å². The Morgan fingerprint density at radius 1 is 0.203 bits per heavy atom. The Kier molecular flexibility index (Phi) is 10.5. The van der Waals surface area contributed by atoms with Crippen LogP contribution >= 0.6 is 0 Å². The zero-order valence-corrected chi connectivity index (χ0v) is 40.5. The molecular weight excluding hydrogens is 897 g/mol. The van der Waals surface area contributed by atoms with Gasteiger partial charge < -0.3 is 18.9 Å². The van der Waals surface area contributed by atoms with E-state index in [-0.39, 0.29) is 0 Å². The predicted molar refractivity (Wildman–Crippen MR) is 313 cm³/mol. The number of para-hydroxylation sites is 8. The summed E-state index contributed by atoms with van der Waals surface area (Å²) in [4.78, 5) is 4.76. The molecule has 2 heterocycles. The molecule has 0 spiro atoms. The minimum atomic E-state index is 1.07. The standard InChI is InChI=1S/C70H48N4/c1-5-23-51(24-6-1)71(52-25-7-2-8-26-52)55-43-49(45-57(47-55)73-67-37-19-15-33-63(67)64-34-16-20-38-68(64)73)59-41-42-60(62-32-14-13-31-61(59)62)50-44-56(72(53-27-9-3-10-28-53)54-29-11-4-12-30-54)48-58(46-50)74-69-39-21-17-35-65(69)66-36-18-22-40-70(66)74/h1-48H. The lowest BCUT2D eigenvalue weighted by molar-refractivity contribution is 1.17. The van der Waals surface area contributed by atoms with Gasteiger partial charge in [0.25, 0.3) is 0 Å². The van der Waals surface area contributed by atoms with E-state index in [0.29, 0.717) is 0 Å². The number of hydrogen-bond donors (Lipinski definition) is 0. The maximum absolute atomic E-state index is 2.44. The third-order valence-corrected chi connectivity index (χ3v) is 14.6. The molecule has 0 aliphatic rings. The molecule has 0 N–H and O–H groups in total. The van der Waals surface area contributed by atoms with Crippen LogP contribution in [0, 0.1) is 0 Å². The summed E-state index contributed by atoms with van der Waals surface area (Å²) in [7, 11) is 0. The van der Waals surface area contributed by atoms with Gasteiger partial charge in [0.15, 0.2) is 0 Å². The minimum absolute atomic E-state index is 1.07. The second kappa shape index (κ2) is 18.1. The Morgan fingerprint density at radius 3 is 0.757 bits per heavy atom. The van der Waals surface area contributed by atoms with E-state index in [4.69, 9.17) is 0 Å². The van der Waals surface area contributed by atoms with Gasteiger partial charge in [-0.25, -0.2) is 0 Å². The van der Waals surface area contributed by atoms with Crippen molar-refractivity contribution in [2.24, 2.45) is 0 Å². The van der Waals surface area contributed by atoms with Crippen molar-refractivity contribution in [3.63, 3.8) is 0 Å². The molecule has 0 unspecified atom stereocenters. The summed E-state index contributed by atoms with van der Waals surface area (Å²) in [5, 5.41) is 7.27. The molecular formula is C70H48N4. The van der Waals surface area contributed by atoms with E-state index in [1.165, 1.54) is 54.4 Å². The molecule has 0 atom stereocenters. The molecule has 14 aromatic rings. The van der Waals surface area contributed by atoms with Crippen LogP contribution in [0.5, 0.6) is 0 Å². The average Bonchev–Trinajstić information content (AvgIpc) is 3.99. The number of hydrogen-bond acceptors (Lipinski definition) is 2. The van der Waals surface area contributed by atoms with Gasteiger partial charge in [-0.15, -0.1) is 0 Å². The van der Waals surface area contributed by atoms with Crippen LogP contribution in [0.25, 0.3) is 88.0 Å². The molecule has 348 valence electrons. The quantitative estimate of drug-likeness (QED) is 0.136. The lowest BCUT2D eigenvalue weighted by Gasteiger charge is -2.27. The highest BCUT2D eigenvalue weighted by molar-refractivity contribution is 6.11. The van der Waals surface area contributed by atoms with E-state index in [2.05, 4.69) is 310 Å². The van der Waals surface area contributed by atoms with Gasteiger partial charge in [0.05, 0.1) is 22.1 Å². The van der Waals surface area contributed by atoms with E-state index in [1.807, 2.05) is 0 Å². The van der Waals surface area contributed by atoms with Gasteiger partial charge in [-0.3, -0.25) is 0 Å². The van der Waals surface area contributed by atoms with E-state index in [1.54, 1.807) is 0 Å². The normalized spacial score (nSPS) is 11.5. The largest absolute Gasteiger partial charge is 0.310 e. The SMILES string of the molecule is c1ccc(N(c2ccccc2)c2cc(-c3ccc(-c4cc(N(c5ccccc5)c5ccccc5)cc(-n5c6ccccc6c6ccccc65)c4)c4ccccc34)cc(-n3c4ccccc4c4ccccc43)c2)cc1. The maximum Gasteiger partial charge on any atom is 0.0541 e. The number of anilines is 6. The Labute approximate surface area is 430 Å². The summed E-state index contributed by atoms with van der Waals surface area (Å²) in [5.74, 6) is 0. The average molecular weight is 945 g/mol. The first-order valence-corrected chi connectivity index (χ1v) is 25.3. The van der Waals surface area contributed by atoms with Gasteiger partial charge in [0, 0.05) is 67.0 Å². The first-order valence-electron chi connectivity index (χ1n) is 25.3. The second-order valence-electron chi connectivity index (χ2n) is 18.9. The van der Waals surface area contributed by atoms with Crippen molar-refractivity contribution >= 4 is 88.5 Å². The van der Waals surface area contributed by atoms with Crippen molar-refractivity contribution in [2.45, 2.75) is 0 Å². The smallest absolute Gasteiger partial charge is 0.0541 e. The lowest BCUT2D eigenvalue weighted by Crippen LogP contribution is -2.11. The molecule has 0 amide bonds. The number of fused-ring (bicyclic) bond motifs is 7. The number of rotatable bonds is 10. The van der Waals surface area contributed by atoms with Gasteiger partial charge >= 0.3 is 0 Å². The van der Waals surface area contributed by atoms with Crippen molar-refractivity contribution in [3.8, 4) is 33.6 Å². The molecule has 14 rings (SSSR count). The fourth-order valence-corrected chi connectivity index (χ4v) is 11.4. The van der Waals surface area contributed by atoms with Crippen LogP contribution in [0.15, 0.2) is 291 Å². The fraction of sp³-hybridized carbons (Fsp3) is 0. The van der Waals surface area contributed by atoms with E-state index in [0.717, 1.165) is 67.8 Å². The second-order valence-corrected chi connectivity index (χ2v) is 18.9. The molecule has 0 saturated heterocycles. The molecule has 0 radical (unpaired) electrons. The van der Waals surface area contributed by atoms with Crippen LogP contribution in [0.2, 0.25) is 0 Å². The highest BCUT2D eigenvalue weighted by atomic mass is 15.2. The van der Waals surface area contributed by atoms with Crippen molar-refractivity contribution in [1.82, 2.24) is 9.13 Å². The van der Waals surface area contributed by atoms with Gasteiger partial charge in [0.2, 0.25) is 0 Å². The topological polar surface area (TPSA) is 16.3 Å². The van der Waals surface area contributed by atoms with Crippen molar-refractivity contribution in [1.29, 1.82) is 0 Å². The highest BCUT2D eigenvalue weighted by Gasteiger charge is 2.22. The Hall–Kier alpha value is -9.90. The van der Waals surface area contributed by atoms with Crippen molar-refractivity contribution in [3.05, 3.63) is 291 Å². The van der Waals surface area contributed by atoms with Crippen LogP contribution in [0.1, 0.15) is 0 Å². The van der Waals surface area contributed by atoms with Crippen LogP contribution in [-0.4, -0.2) is 9.13 Å². The number of aromatic nitrogens is 2. The highest BCUT2D eigenvalue weighted by Crippen LogP contribution is 2.45.